The molecule has 1 saturated heterocycles. The third-order valence-electron chi connectivity index (χ3n) is 7.33. The summed E-state index contributed by atoms with van der Waals surface area (Å²) in [6, 6.07) is 15.1. The van der Waals surface area contributed by atoms with Crippen LogP contribution < -0.4 is 4.74 Å². The van der Waals surface area contributed by atoms with E-state index in [1.807, 2.05) is 0 Å². The second kappa shape index (κ2) is 10.0. The van der Waals surface area contributed by atoms with Crippen molar-refractivity contribution in [1.29, 1.82) is 0 Å². The molecule has 0 radical (unpaired) electrons. The lowest BCUT2D eigenvalue weighted by atomic mass is 9.76. The minimum absolute atomic E-state index is 0.0243. The number of ether oxygens (including phenoxy) is 2. The van der Waals surface area contributed by atoms with Gasteiger partial charge in [0.1, 0.15) is 24.3 Å². The Hall–Kier alpha value is -2.83. The van der Waals surface area contributed by atoms with Gasteiger partial charge in [0.15, 0.2) is 11.6 Å². The molecule has 0 amide bonds. The molecular formula is C29H29F3O3. The lowest BCUT2D eigenvalue weighted by Gasteiger charge is -2.30. The highest BCUT2D eigenvalue weighted by Gasteiger charge is 2.29. The number of epoxide rings is 1. The minimum atomic E-state index is -0.834. The lowest BCUT2D eigenvalue weighted by Crippen LogP contribution is -2.23. The smallest absolute Gasteiger partial charge is 0.166 e. The Bertz CT molecular complexity index is 1180. The monoisotopic (exact) mass is 482 g/mol. The average Bonchev–Trinajstić information content (AvgIpc) is 3.70. The van der Waals surface area contributed by atoms with Crippen molar-refractivity contribution < 1.29 is 27.8 Å². The summed E-state index contributed by atoms with van der Waals surface area (Å²) in [7, 11) is 0. The summed E-state index contributed by atoms with van der Waals surface area (Å²) < 4.78 is 55.0. The fourth-order valence-electron chi connectivity index (χ4n) is 5.05. The van der Waals surface area contributed by atoms with E-state index >= 15 is 8.78 Å². The van der Waals surface area contributed by atoms with Crippen LogP contribution >= 0.6 is 0 Å². The van der Waals surface area contributed by atoms with E-state index in [-0.39, 0.29) is 42.0 Å². The Morgan fingerprint density at radius 2 is 1.60 bits per heavy atom. The van der Waals surface area contributed by atoms with Gasteiger partial charge in [-0.25, -0.2) is 13.2 Å². The Balaban J connectivity index is 1.24. The Kier molecular flexibility index (Phi) is 6.85. The van der Waals surface area contributed by atoms with Crippen molar-refractivity contribution in [1.82, 2.24) is 0 Å². The van der Waals surface area contributed by atoms with Crippen molar-refractivity contribution in [2.45, 2.75) is 57.3 Å². The van der Waals surface area contributed by atoms with E-state index in [1.165, 1.54) is 6.07 Å². The van der Waals surface area contributed by atoms with Crippen molar-refractivity contribution in [2.75, 3.05) is 6.61 Å². The number of aliphatic hydroxyl groups excluding tert-OH is 1. The number of hydrogen-bond acceptors (Lipinski definition) is 3. The van der Waals surface area contributed by atoms with Gasteiger partial charge < -0.3 is 14.6 Å². The van der Waals surface area contributed by atoms with E-state index in [2.05, 4.69) is 0 Å². The van der Waals surface area contributed by atoms with Crippen LogP contribution in [0.2, 0.25) is 0 Å². The molecule has 2 aliphatic rings. The fourth-order valence-corrected chi connectivity index (χ4v) is 5.05. The van der Waals surface area contributed by atoms with Gasteiger partial charge in [-0.1, -0.05) is 36.4 Å². The molecule has 2 atom stereocenters. The molecule has 35 heavy (non-hydrogen) atoms. The first-order valence-corrected chi connectivity index (χ1v) is 12.2. The molecular weight excluding hydrogens is 453 g/mol. The molecule has 0 bridgehead atoms. The minimum Gasteiger partial charge on any atom is -0.489 e. The van der Waals surface area contributed by atoms with Crippen LogP contribution in [0.4, 0.5) is 13.2 Å². The number of halogens is 3. The first-order chi connectivity index (χ1) is 16.9. The summed E-state index contributed by atoms with van der Waals surface area (Å²) in [5.74, 6) is -1.34. The molecule has 184 valence electrons. The summed E-state index contributed by atoms with van der Waals surface area (Å²) in [6.45, 7) is 2.56. The molecule has 0 spiro atoms. The number of hydrogen-bond donors (Lipinski definition) is 1. The zero-order valence-electron chi connectivity index (χ0n) is 19.6. The van der Waals surface area contributed by atoms with Crippen LogP contribution in [0.15, 0.2) is 54.6 Å². The Morgan fingerprint density at radius 3 is 2.23 bits per heavy atom. The van der Waals surface area contributed by atoms with Gasteiger partial charge in [0.25, 0.3) is 0 Å². The first-order valence-electron chi connectivity index (χ1n) is 12.2. The largest absolute Gasteiger partial charge is 0.489 e. The summed E-state index contributed by atoms with van der Waals surface area (Å²) in [5, 5.41) is 9.79. The SMILES string of the molecule is CC(O)C1CCC(c2ccc(-c3ccc(COc4ccc(C5CO5)c(F)c4)cc3)c(F)c2F)CC1. The van der Waals surface area contributed by atoms with E-state index in [1.54, 1.807) is 55.5 Å². The second-order valence-corrected chi connectivity index (χ2v) is 9.67. The van der Waals surface area contributed by atoms with Gasteiger partial charge in [0.05, 0.1) is 12.7 Å². The average molecular weight is 483 g/mol. The standard InChI is InChI=1S/C29H29F3O3/c1-17(33)19-6-8-21(9-7-19)24-13-12-23(28(31)29(24)32)20-4-2-18(3-5-20)15-34-22-10-11-25(26(30)14-22)27-16-35-27/h2-5,10-14,17,19,21,27,33H,6-9,15-16H2,1H3. The highest BCUT2D eigenvalue weighted by atomic mass is 19.2. The molecule has 3 aromatic carbocycles. The third kappa shape index (κ3) is 5.24. The van der Waals surface area contributed by atoms with Gasteiger partial charge in [-0.3, -0.25) is 0 Å². The van der Waals surface area contributed by atoms with Crippen LogP contribution in [0.5, 0.6) is 5.75 Å². The topological polar surface area (TPSA) is 42.0 Å². The predicted molar refractivity (Wildman–Crippen MR) is 128 cm³/mol. The molecule has 2 unspecified atom stereocenters. The summed E-state index contributed by atoms with van der Waals surface area (Å²) in [5.41, 5.74) is 2.59. The second-order valence-electron chi connectivity index (χ2n) is 9.67. The molecule has 1 aliphatic heterocycles. The Labute approximate surface area is 203 Å². The highest BCUT2D eigenvalue weighted by Crippen LogP contribution is 2.40. The van der Waals surface area contributed by atoms with Gasteiger partial charge in [-0.2, -0.15) is 0 Å². The van der Waals surface area contributed by atoms with Gasteiger partial charge >= 0.3 is 0 Å². The quantitative estimate of drug-likeness (QED) is 0.366. The summed E-state index contributed by atoms with van der Waals surface area (Å²) in [4.78, 5) is 0. The van der Waals surface area contributed by atoms with E-state index in [0.29, 0.717) is 29.0 Å². The van der Waals surface area contributed by atoms with E-state index in [9.17, 15) is 9.50 Å². The van der Waals surface area contributed by atoms with Crippen molar-refractivity contribution in [2.24, 2.45) is 5.92 Å². The van der Waals surface area contributed by atoms with E-state index in [4.69, 9.17) is 9.47 Å². The van der Waals surface area contributed by atoms with Crippen LogP contribution in [0.1, 0.15) is 61.3 Å². The van der Waals surface area contributed by atoms with E-state index < -0.39 is 11.6 Å². The molecule has 1 aliphatic carbocycles. The summed E-state index contributed by atoms with van der Waals surface area (Å²) >= 11 is 0. The number of rotatable bonds is 7. The normalized spacial score (nSPS) is 22.6. The molecule has 1 N–H and O–H groups in total. The molecule has 6 heteroatoms. The molecule has 5 rings (SSSR count). The lowest BCUT2D eigenvalue weighted by molar-refractivity contribution is 0.0964. The summed E-state index contributed by atoms with van der Waals surface area (Å²) in [6.07, 6.45) is 2.63. The number of aliphatic hydroxyl groups is 1. The third-order valence-corrected chi connectivity index (χ3v) is 7.33. The van der Waals surface area contributed by atoms with Crippen molar-refractivity contribution in [3.8, 4) is 16.9 Å². The number of benzene rings is 3. The van der Waals surface area contributed by atoms with Crippen LogP contribution in [0, 0.1) is 23.4 Å². The maximum atomic E-state index is 15.0. The molecule has 1 saturated carbocycles. The highest BCUT2D eigenvalue weighted by molar-refractivity contribution is 5.65. The maximum absolute atomic E-state index is 15.0. The van der Waals surface area contributed by atoms with E-state index in [0.717, 1.165) is 31.2 Å². The zero-order valence-corrected chi connectivity index (χ0v) is 19.6. The van der Waals surface area contributed by atoms with Crippen LogP contribution in [0.25, 0.3) is 11.1 Å². The Morgan fingerprint density at radius 1 is 0.914 bits per heavy atom. The molecule has 3 aromatic rings. The van der Waals surface area contributed by atoms with Gasteiger partial charge in [-0.05, 0) is 73.3 Å². The molecule has 1 heterocycles. The van der Waals surface area contributed by atoms with Crippen LogP contribution in [-0.2, 0) is 11.3 Å². The van der Waals surface area contributed by atoms with Crippen molar-refractivity contribution >= 4 is 0 Å². The maximum Gasteiger partial charge on any atom is 0.166 e. The van der Waals surface area contributed by atoms with Gasteiger partial charge in [-0.15, -0.1) is 0 Å². The molecule has 3 nitrogen and oxygen atoms in total. The molecule has 0 aromatic heterocycles. The predicted octanol–water partition coefficient (Wildman–Crippen LogP) is 7.08. The zero-order chi connectivity index (χ0) is 24.5. The fraction of sp³-hybridized carbons (Fsp3) is 0.379. The molecule has 2 fully saturated rings. The first kappa shape index (κ1) is 23.9. The van der Waals surface area contributed by atoms with Gasteiger partial charge in [0, 0.05) is 17.2 Å². The van der Waals surface area contributed by atoms with Crippen LogP contribution in [0.3, 0.4) is 0 Å². The van der Waals surface area contributed by atoms with Crippen LogP contribution in [-0.4, -0.2) is 17.8 Å². The van der Waals surface area contributed by atoms with Gasteiger partial charge in [0.2, 0.25) is 0 Å². The van der Waals surface area contributed by atoms with Crippen molar-refractivity contribution in [3.63, 3.8) is 0 Å². The van der Waals surface area contributed by atoms with Crippen molar-refractivity contribution in [3.05, 3.63) is 88.7 Å².